The number of amides is 1. The summed E-state index contributed by atoms with van der Waals surface area (Å²) in [5, 5.41) is 12.1. The molecule has 0 saturated carbocycles. The lowest BCUT2D eigenvalue weighted by atomic mass is 9.99. The summed E-state index contributed by atoms with van der Waals surface area (Å²) in [6.45, 7) is 2.34. The van der Waals surface area contributed by atoms with E-state index >= 15 is 0 Å². The Morgan fingerprint density at radius 1 is 1.43 bits per heavy atom. The van der Waals surface area contributed by atoms with Crippen LogP contribution >= 0.6 is 0 Å². The molecule has 6 heteroatoms. The average molecular weight is 292 g/mol. The van der Waals surface area contributed by atoms with Crippen LogP contribution in [0.15, 0.2) is 24.3 Å². The molecule has 1 fully saturated rings. The van der Waals surface area contributed by atoms with Crippen molar-refractivity contribution in [3.63, 3.8) is 0 Å². The largest absolute Gasteiger partial charge is 0.495 e. The predicted molar refractivity (Wildman–Crippen MR) is 78.5 cm³/mol. The predicted octanol–water partition coefficient (Wildman–Crippen LogP) is 1.57. The lowest BCUT2D eigenvalue weighted by Crippen LogP contribution is -2.50. The molecule has 114 valence electrons. The van der Waals surface area contributed by atoms with E-state index in [9.17, 15) is 14.7 Å². The zero-order chi connectivity index (χ0) is 15.5. The molecule has 0 aliphatic carbocycles. The molecule has 1 saturated heterocycles. The maximum atomic E-state index is 12.1. The minimum absolute atomic E-state index is 0.0564. The van der Waals surface area contributed by atoms with Crippen LogP contribution in [0, 0.1) is 0 Å². The SMILES string of the molecule is COc1ccccc1NC(=O)CN1CCCC1(C)C(=O)O. The summed E-state index contributed by atoms with van der Waals surface area (Å²) < 4.78 is 5.17. The van der Waals surface area contributed by atoms with Crippen molar-refractivity contribution in [2.45, 2.75) is 25.3 Å². The Bertz CT molecular complexity index is 546. The molecular weight excluding hydrogens is 272 g/mol. The van der Waals surface area contributed by atoms with Gasteiger partial charge in [0.05, 0.1) is 19.3 Å². The van der Waals surface area contributed by atoms with Gasteiger partial charge in [-0.3, -0.25) is 14.5 Å². The van der Waals surface area contributed by atoms with Gasteiger partial charge in [-0.2, -0.15) is 0 Å². The van der Waals surface area contributed by atoms with E-state index in [0.717, 1.165) is 6.42 Å². The van der Waals surface area contributed by atoms with Gasteiger partial charge in [0.25, 0.3) is 0 Å². The first-order valence-corrected chi connectivity index (χ1v) is 6.88. The van der Waals surface area contributed by atoms with E-state index in [1.807, 2.05) is 6.07 Å². The molecule has 0 spiro atoms. The van der Waals surface area contributed by atoms with Gasteiger partial charge in [0.1, 0.15) is 11.3 Å². The van der Waals surface area contributed by atoms with E-state index in [1.54, 1.807) is 30.0 Å². The Morgan fingerprint density at radius 2 is 2.14 bits per heavy atom. The standard InChI is InChI=1S/C15H20N2O4/c1-15(14(19)20)8-5-9-17(15)10-13(18)16-11-6-3-4-7-12(11)21-2/h3-4,6-7H,5,8-10H2,1-2H3,(H,16,18)(H,19,20). The monoisotopic (exact) mass is 292 g/mol. The fourth-order valence-electron chi connectivity index (χ4n) is 2.63. The second kappa shape index (κ2) is 6.13. The molecule has 1 atom stereocenters. The maximum Gasteiger partial charge on any atom is 0.323 e. The second-order valence-electron chi connectivity index (χ2n) is 5.35. The van der Waals surface area contributed by atoms with Gasteiger partial charge in [0.2, 0.25) is 5.91 Å². The summed E-state index contributed by atoms with van der Waals surface area (Å²) in [5.41, 5.74) is -0.376. The third kappa shape index (κ3) is 3.16. The van der Waals surface area contributed by atoms with E-state index in [0.29, 0.717) is 24.4 Å². The molecule has 21 heavy (non-hydrogen) atoms. The molecule has 2 N–H and O–H groups in total. The first kappa shape index (κ1) is 15.3. The molecule has 1 aromatic rings. The van der Waals surface area contributed by atoms with Crippen LogP contribution in [-0.2, 0) is 9.59 Å². The number of anilines is 1. The van der Waals surface area contributed by atoms with Crippen molar-refractivity contribution in [2.24, 2.45) is 0 Å². The van der Waals surface area contributed by atoms with Crippen LogP contribution < -0.4 is 10.1 Å². The van der Waals surface area contributed by atoms with Crippen LogP contribution in [-0.4, -0.2) is 47.6 Å². The Balaban J connectivity index is 2.03. The topological polar surface area (TPSA) is 78.9 Å². The average Bonchev–Trinajstić information content (AvgIpc) is 2.82. The van der Waals surface area contributed by atoms with Crippen molar-refractivity contribution in [3.05, 3.63) is 24.3 Å². The number of hydrogen-bond donors (Lipinski definition) is 2. The van der Waals surface area contributed by atoms with Gasteiger partial charge >= 0.3 is 5.97 Å². The van der Waals surface area contributed by atoms with Crippen LogP contribution in [0.25, 0.3) is 0 Å². The van der Waals surface area contributed by atoms with Gasteiger partial charge in [-0.05, 0) is 38.4 Å². The highest BCUT2D eigenvalue weighted by molar-refractivity contribution is 5.94. The molecule has 6 nitrogen and oxygen atoms in total. The molecule has 0 bridgehead atoms. The van der Waals surface area contributed by atoms with Gasteiger partial charge in [-0.1, -0.05) is 12.1 Å². The molecule has 0 radical (unpaired) electrons. The van der Waals surface area contributed by atoms with E-state index in [4.69, 9.17) is 4.74 Å². The number of ether oxygens (including phenoxy) is 1. The number of aliphatic carboxylic acids is 1. The summed E-state index contributed by atoms with van der Waals surface area (Å²) in [4.78, 5) is 25.2. The van der Waals surface area contributed by atoms with Gasteiger partial charge in [0, 0.05) is 0 Å². The first-order chi connectivity index (χ1) is 9.97. The molecule has 1 aliphatic heterocycles. The third-order valence-electron chi connectivity index (χ3n) is 3.97. The lowest BCUT2D eigenvalue weighted by Gasteiger charge is -2.30. The van der Waals surface area contributed by atoms with Crippen molar-refractivity contribution in [1.29, 1.82) is 0 Å². The fourth-order valence-corrected chi connectivity index (χ4v) is 2.63. The van der Waals surface area contributed by atoms with E-state index in [2.05, 4.69) is 5.32 Å². The van der Waals surface area contributed by atoms with E-state index in [1.165, 1.54) is 7.11 Å². The van der Waals surface area contributed by atoms with Crippen molar-refractivity contribution in [1.82, 2.24) is 4.90 Å². The van der Waals surface area contributed by atoms with Crippen molar-refractivity contribution in [2.75, 3.05) is 25.5 Å². The van der Waals surface area contributed by atoms with Crippen molar-refractivity contribution in [3.8, 4) is 5.75 Å². The molecule has 1 heterocycles. The zero-order valence-corrected chi connectivity index (χ0v) is 12.3. The number of carbonyl (C=O) groups is 2. The number of nitrogens with one attached hydrogen (secondary N) is 1. The minimum atomic E-state index is -0.960. The molecule has 2 rings (SSSR count). The summed E-state index contributed by atoms with van der Waals surface area (Å²) in [6, 6.07) is 7.12. The maximum absolute atomic E-state index is 12.1. The number of nitrogens with zero attached hydrogens (tertiary/aromatic N) is 1. The molecule has 0 aromatic heterocycles. The highest BCUT2D eigenvalue weighted by Crippen LogP contribution is 2.29. The number of hydrogen-bond acceptors (Lipinski definition) is 4. The zero-order valence-electron chi connectivity index (χ0n) is 12.3. The first-order valence-electron chi connectivity index (χ1n) is 6.88. The number of methoxy groups -OCH3 is 1. The Labute approximate surface area is 123 Å². The second-order valence-corrected chi connectivity index (χ2v) is 5.35. The van der Waals surface area contributed by atoms with Gasteiger partial charge in [0.15, 0.2) is 0 Å². The van der Waals surface area contributed by atoms with Crippen LogP contribution in [0.3, 0.4) is 0 Å². The van der Waals surface area contributed by atoms with E-state index < -0.39 is 11.5 Å². The quantitative estimate of drug-likeness (QED) is 0.861. The number of para-hydroxylation sites is 2. The summed E-state index contributed by atoms with van der Waals surface area (Å²) in [7, 11) is 1.53. The number of likely N-dealkylation sites (tertiary alicyclic amines) is 1. The van der Waals surface area contributed by atoms with Crippen LogP contribution in [0.5, 0.6) is 5.75 Å². The highest BCUT2D eigenvalue weighted by Gasteiger charge is 2.43. The molecule has 1 aliphatic rings. The third-order valence-corrected chi connectivity index (χ3v) is 3.97. The summed E-state index contributed by atoms with van der Waals surface area (Å²) in [6.07, 6.45) is 1.34. The summed E-state index contributed by atoms with van der Waals surface area (Å²) in [5.74, 6) is -0.549. The number of rotatable bonds is 5. The number of carbonyl (C=O) groups excluding carboxylic acids is 1. The van der Waals surface area contributed by atoms with Crippen molar-refractivity contribution < 1.29 is 19.4 Å². The normalized spacial score (nSPS) is 22.0. The highest BCUT2D eigenvalue weighted by atomic mass is 16.5. The van der Waals surface area contributed by atoms with Crippen LogP contribution in [0.2, 0.25) is 0 Å². The summed E-state index contributed by atoms with van der Waals surface area (Å²) >= 11 is 0. The van der Waals surface area contributed by atoms with Gasteiger partial charge < -0.3 is 15.2 Å². The fraction of sp³-hybridized carbons (Fsp3) is 0.467. The Morgan fingerprint density at radius 3 is 2.81 bits per heavy atom. The van der Waals surface area contributed by atoms with Crippen molar-refractivity contribution >= 4 is 17.6 Å². The lowest BCUT2D eigenvalue weighted by molar-refractivity contribution is -0.149. The Hall–Kier alpha value is -2.08. The number of carboxylic acid groups (broad SMARTS) is 1. The molecule has 1 aromatic carbocycles. The molecular formula is C15H20N2O4. The Kier molecular flexibility index (Phi) is 4.47. The smallest absolute Gasteiger partial charge is 0.323 e. The van der Waals surface area contributed by atoms with Gasteiger partial charge in [-0.15, -0.1) is 0 Å². The molecule has 1 amide bonds. The van der Waals surface area contributed by atoms with Crippen LogP contribution in [0.1, 0.15) is 19.8 Å². The molecule has 1 unspecified atom stereocenters. The van der Waals surface area contributed by atoms with Crippen LogP contribution in [0.4, 0.5) is 5.69 Å². The van der Waals surface area contributed by atoms with Gasteiger partial charge in [-0.25, -0.2) is 0 Å². The van der Waals surface area contributed by atoms with E-state index in [-0.39, 0.29) is 12.5 Å². The minimum Gasteiger partial charge on any atom is -0.495 e. The number of benzene rings is 1. The number of carboxylic acids is 1.